The van der Waals surface area contributed by atoms with Gasteiger partial charge in [-0.3, -0.25) is 0 Å². The van der Waals surface area contributed by atoms with Crippen molar-refractivity contribution in [3.8, 4) is 0 Å². The average Bonchev–Trinajstić information content (AvgIpc) is 2.84. The molecule has 0 radical (unpaired) electrons. The van der Waals surface area contributed by atoms with E-state index in [0.29, 0.717) is 12.2 Å². The van der Waals surface area contributed by atoms with Gasteiger partial charge in [-0.05, 0) is 12.8 Å². The van der Waals surface area contributed by atoms with Crippen LogP contribution in [0.5, 0.6) is 0 Å². The van der Waals surface area contributed by atoms with Crippen LogP contribution in [0, 0.1) is 0 Å². The van der Waals surface area contributed by atoms with E-state index < -0.39 is 0 Å². The van der Waals surface area contributed by atoms with Crippen molar-refractivity contribution in [1.82, 2.24) is 19.9 Å². The molecule has 3 rings (SSSR count). The van der Waals surface area contributed by atoms with Crippen molar-refractivity contribution in [1.29, 1.82) is 0 Å². The molecule has 0 spiro atoms. The first-order chi connectivity index (χ1) is 8.34. The molecule has 17 heavy (non-hydrogen) atoms. The Morgan fingerprint density at radius 1 is 1.41 bits per heavy atom. The molecule has 0 aromatic carbocycles. The van der Waals surface area contributed by atoms with Crippen molar-refractivity contribution < 1.29 is 4.74 Å². The maximum absolute atomic E-state index is 5.94. The van der Waals surface area contributed by atoms with E-state index in [2.05, 4.69) is 19.9 Å². The second-order valence-corrected chi connectivity index (χ2v) is 4.44. The zero-order valence-electron chi connectivity index (χ0n) is 9.52. The fraction of sp³-hybridized carbons (Fsp3) is 0.545. The molecule has 3 heterocycles. The van der Waals surface area contributed by atoms with Gasteiger partial charge in [0.2, 0.25) is 0 Å². The lowest BCUT2D eigenvalue weighted by Gasteiger charge is -2.34. The van der Waals surface area contributed by atoms with E-state index in [4.69, 9.17) is 10.5 Å². The van der Waals surface area contributed by atoms with Gasteiger partial charge in [0.1, 0.15) is 17.7 Å². The van der Waals surface area contributed by atoms with E-state index in [-0.39, 0.29) is 5.41 Å². The third kappa shape index (κ3) is 1.69. The summed E-state index contributed by atoms with van der Waals surface area (Å²) in [4.78, 5) is 15.9. The lowest BCUT2D eigenvalue weighted by atomic mass is 9.79. The molecular formula is C11H15N5O. The van der Waals surface area contributed by atoms with Crippen LogP contribution in [0.3, 0.4) is 0 Å². The molecule has 0 bridgehead atoms. The van der Waals surface area contributed by atoms with E-state index in [0.717, 1.165) is 37.4 Å². The minimum atomic E-state index is -0.0983. The van der Waals surface area contributed by atoms with Crippen LogP contribution in [0.1, 0.15) is 18.7 Å². The second kappa shape index (κ2) is 4.05. The highest BCUT2D eigenvalue weighted by atomic mass is 16.5. The highest BCUT2D eigenvalue weighted by Gasteiger charge is 2.36. The highest BCUT2D eigenvalue weighted by Crippen LogP contribution is 2.32. The summed E-state index contributed by atoms with van der Waals surface area (Å²) < 4.78 is 5.40. The molecule has 3 N–H and O–H groups in total. The van der Waals surface area contributed by atoms with Crippen LogP contribution in [0.4, 0.5) is 0 Å². The number of rotatable bonds is 2. The Labute approximate surface area is 98.6 Å². The van der Waals surface area contributed by atoms with Crippen LogP contribution in [0.2, 0.25) is 0 Å². The van der Waals surface area contributed by atoms with Gasteiger partial charge in [0.05, 0.1) is 6.20 Å². The fourth-order valence-corrected chi connectivity index (χ4v) is 2.31. The number of ether oxygens (including phenoxy) is 1. The Morgan fingerprint density at radius 3 is 2.94 bits per heavy atom. The molecule has 0 unspecified atom stereocenters. The monoisotopic (exact) mass is 233 g/mol. The summed E-state index contributed by atoms with van der Waals surface area (Å²) in [6.45, 7) is 2.05. The third-order valence-electron chi connectivity index (χ3n) is 3.50. The first-order valence-electron chi connectivity index (χ1n) is 5.78. The molecule has 2 aromatic heterocycles. The van der Waals surface area contributed by atoms with Crippen LogP contribution in [-0.2, 0) is 10.2 Å². The fourth-order valence-electron chi connectivity index (χ4n) is 2.31. The molecule has 0 amide bonds. The minimum absolute atomic E-state index is 0.0983. The van der Waals surface area contributed by atoms with Gasteiger partial charge in [-0.1, -0.05) is 0 Å². The number of H-pyrrole nitrogens is 1. The van der Waals surface area contributed by atoms with Gasteiger partial charge >= 0.3 is 0 Å². The van der Waals surface area contributed by atoms with Crippen molar-refractivity contribution in [3.63, 3.8) is 0 Å². The number of nitrogens with two attached hydrogens (primary N) is 1. The van der Waals surface area contributed by atoms with Crippen LogP contribution >= 0.6 is 0 Å². The molecule has 2 aromatic rings. The summed E-state index contributed by atoms with van der Waals surface area (Å²) >= 11 is 0. The Hall–Kier alpha value is -1.53. The number of aromatic nitrogens is 4. The van der Waals surface area contributed by atoms with Crippen molar-refractivity contribution in [3.05, 3.63) is 18.3 Å². The molecular weight excluding hydrogens is 218 g/mol. The van der Waals surface area contributed by atoms with Gasteiger partial charge < -0.3 is 15.5 Å². The highest BCUT2D eigenvalue weighted by molar-refractivity contribution is 5.69. The van der Waals surface area contributed by atoms with E-state index in [1.165, 1.54) is 6.33 Å². The minimum Gasteiger partial charge on any atom is -0.381 e. The lowest BCUT2D eigenvalue weighted by molar-refractivity contribution is 0.0503. The smallest absolute Gasteiger partial charge is 0.180 e. The van der Waals surface area contributed by atoms with Crippen molar-refractivity contribution >= 4 is 11.2 Å². The molecule has 1 fully saturated rings. The summed E-state index contributed by atoms with van der Waals surface area (Å²) in [5.74, 6) is 0.916. The molecule has 1 aliphatic heterocycles. The lowest BCUT2D eigenvalue weighted by Crippen LogP contribution is -2.41. The number of nitrogens with one attached hydrogen (secondary N) is 1. The Kier molecular flexibility index (Phi) is 2.53. The van der Waals surface area contributed by atoms with Crippen LogP contribution in [-0.4, -0.2) is 39.7 Å². The first-order valence-corrected chi connectivity index (χ1v) is 5.78. The predicted octanol–water partition coefficient (Wildman–Crippen LogP) is 0.360. The molecule has 6 heteroatoms. The number of hydrogen-bond acceptors (Lipinski definition) is 5. The Morgan fingerprint density at radius 2 is 2.24 bits per heavy atom. The number of nitrogens with zero attached hydrogens (tertiary/aromatic N) is 3. The number of fused-ring (bicyclic) bond motifs is 1. The van der Waals surface area contributed by atoms with Gasteiger partial charge in [0.25, 0.3) is 0 Å². The SMILES string of the molecule is NCC1(c2nc3ncncc3[nH]2)CCOCC1. The van der Waals surface area contributed by atoms with E-state index in [1.807, 2.05) is 0 Å². The van der Waals surface area contributed by atoms with Crippen molar-refractivity contribution in [2.45, 2.75) is 18.3 Å². The quantitative estimate of drug-likeness (QED) is 0.781. The molecule has 1 aliphatic rings. The van der Waals surface area contributed by atoms with Gasteiger partial charge in [-0.2, -0.15) is 0 Å². The Bertz CT molecular complexity index is 484. The molecule has 0 atom stereocenters. The number of hydrogen-bond donors (Lipinski definition) is 2. The van der Waals surface area contributed by atoms with Crippen LogP contribution in [0.15, 0.2) is 12.5 Å². The van der Waals surface area contributed by atoms with Crippen molar-refractivity contribution in [2.75, 3.05) is 19.8 Å². The van der Waals surface area contributed by atoms with E-state index >= 15 is 0 Å². The normalized spacial score (nSPS) is 19.6. The summed E-state index contributed by atoms with van der Waals surface area (Å²) in [5, 5.41) is 0. The van der Waals surface area contributed by atoms with Gasteiger partial charge in [-0.15, -0.1) is 0 Å². The topological polar surface area (TPSA) is 89.7 Å². The Balaban J connectivity index is 2.05. The molecule has 6 nitrogen and oxygen atoms in total. The summed E-state index contributed by atoms with van der Waals surface area (Å²) in [6, 6.07) is 0. The molecule has 0 aliphatic carbocycles. The number of imidazole rings is 1. The first kappa shape index (κ1) is 10.6. The zero-order valence-corrected chi connectivity index (χ0v) is 9.52. The van der Waals surface area contributed by atoms with Gasteiger partial charge in [-0.25, -0.2) is 15.0 Å². The van der Waals surface area contributed by atoms with Gasteiger partial charge in [0, 0.05) is 25.2 Å². The average molecular weight is 233 g/mol. The zero-order chi connectivity index (χ0) is 11.7. The van der Waals surface area contributed by atoms with Crippen LogP contribution < -0.4 is 5.73 Å². The molecule has 1 saturated heterocycles. The largest absolute Gasteiger partial charge is 0.381 e. The molecule has 90 valence electrons. The maximum atomic E-state index is 5.94. The number of aromatic amines is 1. The second-order valence-electron chi connectivity index (χ2n) is 4.44. The summed E-state index contributed by atoms with van der Waals surface area (Å²) in [7, 11) is 0. The van der Waals surface area contributed by atoms with Crippen molar-refractivity contribution in [2.24, 2.45) is 5.73 Å². The summed E-state index contributed by atoms with van der Waals surface area (Å²) in [6.07, 6.45) is 5.04. The van der Waals surface area contributed by atoms with E-state index in [1.54, 1.807) is 6.20 Å². The predicted molar refractivity (Wildman–Crippen MR) is 62.5 cm³/mol. The third-order valence-corrected chi connectivity index (χ3v) is 3.50. The summed E-state index contributed by atoms with van der Waals surface area (Å²) in [5.41, 5.74) is 7.41. The standard InChI is InChI=1S/C11H15N5O/c12-6-11(1-3-17-4-2-11)10-15-8-5-13-7-14-9(8)16-10/h5,7H,1-4,6,12H2,(H,13,14,15,16). The maximum Gasteiger partial charge on any atom is 0.180 e. The molecule has 0 saturated carbocycles. The van der Waals surface area contributed by atoms with Crippen LogP contribution in [0.25, 0.3) is 11.2 Å². The van der Waals surface area contributed by atoms with E-state index in [9.17, 15) is 0 Å². The van der Waals surface area contributed by atoms with Gasteiger partial charge in [0.15, 0.2) is 5.65 Å².